The second-order valence-electron chi connectivity index (χ2n) is 13.0. The zero-order valence-corrected chi connectivity index (χ0v) is 24.0. The van der Waals surface area contributed by atoms with Crippen molar-refractivity contribution in [2.75, 3.05) is 13.2 Å². The van der Waals surface area contributed by atoms with Gasteiger partial charge in [0.05, 0.1) is 12.1 Å². The molecule has 1 aromatic carbocycles. The molecule has 7 nitrogen and oxygen atoms in total. The summed E-state index contributed by atoms with van der Waals surface area (Å²) in [5.41, 5.74) is 3.93. The normalized spacial score (nSPS) is 22.9. The number of hydrogen-bond donors (Lipinski definition) is 3. The SMILES string of the molecule is C#Cc1cccc(C[C@H](NC(=O)[C@H]2CCCO2)[C@H](O)CN[C@H]2CC3(CCC3)Oc3ncc(CC(C)(C)C)cc32)c1. The molecule has 1 aliphatic carbocycles. The minimum atomic E-state index is -0.825. The summed E-state index contributed by atoms with van der Waals surface area (Å²) in [7, 11) is 0. The quantitative estimate of drug-likeness (QED) is 0.408. The number of aliphatic hydroxyl groups is 1. The van der Waals surface area contributed by atoms with Gasteiger partial charge in [0.25, 0.3) is 0 Å². The van der Waals surface area contributed by atoms with Crippen molar-refractivity contribution in [1.82, 2.24) is 15.6 Å². The Bertz CT molecular complexity index is 1240. The van der Waals surface area contributed by atoms with Gasteiger partial charge in [0, 0.05) is 42.9 Å². The van der Waals surface area contributed by atoms with E-state index in [1.807, 2.05) is 30.5 Å². The fourth-order valence-corrected chi connectivity index (χ4v) is 6.14. The third kappa shape index (κ3) is 6.86. The van der Waals surface area contributed by atoms with Crippen LogP contribution in [0.25, 0.3) is 0 Å². The minimum Gasteiger partial charge on any atom is -0.471 e. The Morgan fingerprint density at radius 1 is 1.25 bits per heavy atom. The summed E-state index contributed by atoms with van der Waals surface area (Å²) in [5, 5.41) is 18.2. The maximum atomic E-state index is 13.0. The van der Waals surface area contributed by atoms with E-state index in [0.717, 1.165) is 55.2 Å². The first-order valence-electron chi connectivity index (χ1n) is 14.7. The zero-order chi connectivity index (χ0) is 28.3. The van der Waals surface area contributed by atoms with E-state index in [1.165, 1.54) is 5.56 Å². The van der Waals surface area contributed by atoms with Gasteiger partial charge in [-0.1, -0.05) is 38.8 Å². The highest BCUT2D eigenvalue weighted by molar-refractivity contribution is 5.81. The highest BCUT2D eigenvalue weighted by atomic mass is 16.5. The van der Waals surface area contributed by atoms with E-state index in [2.05, 4.69) is 43.4 Å². The molecule has 214 valence electrons. The van der Waals surface area contributed by atoms with E-state index in [9.17, 15) is 9.90 Å². The molecular formula is C33H43N3O4. The Morgan fingerprint density at radius 2 is 2.08 bits per heavy atom. The monoisotopic (exact) mass is 545 g/mol. The molecule has 0 unspecified atom stereocenters. The number of benzene rings is 1. The molecule has 3 aliphatic rings. The number of amides is 1. The van der Waals surface area contributed by atoms with Crippen LogP contribution in [0.15, 0.2) is 36.5 Å². The molecule has 2 aromatic rings. The van der Waals surface area contributed by atoms with Crippen LogP contribution < -0.4 is 15.4 Å². The van der Waals surface area contributed by atoms with E-state index >= 15 is 0 Å². The summed E-state index contributed by atoms with van der Waals surface area (Å²) in [6.45, 7) is 7.58. The van der Waals surface area contributed by atoms with Crippen molar-refractivity contribution in [3.8, 4) is 18.2 Å². The van der Waals surface area contributed by atoms with E-state index < -0.39 is 18.2 Å². The molecule has 1 amide bonds. The predicted octanol–water partition coefficient (Wildman–Crippen LogP) is 4.25. The first-order valence-corrected chi connectivity index (χ1v) is 14.7. The summed E-state index contributed by atoms with van der Waals surface area (Å²) in [5.74, 6) is 3.20. The number of fused-ring (bicyclic) bond motifs is 1. The molecule has 2 fully saturated rings. The smallest absolute Gasteiger partial charge is 0.249 e. The number of rotatable bonds is 9. The Balaban J connectivity index is 1.33. The van der Waals surface area contributed by atoms with Crippen molar-refractivity contribution in [3.63, 3.8) is 0 Å². The fourth-order valence-electron chi connectivity index (χ4n) is 6.14. The number of aromatic nitrogens is 1. The molecule has 5 rings (SSSR count). The maximum Gasteiger partial charge on any atom is 0.249 e. The highest BCUT2D eigenvalue weighted by Gasteiger charge is 2.46. The van der Waals surface area contributed by atoms with E-state index in [-0.39, 0.29) is 23.0 Å². The van der Waals surface area contributed by atoms with Gasteiger partial charge in [-0.05, 0) is 79.7 Å². The Kier molecular flexibility index (Phi) is 8.51. The lowest BCUT2D eigenvalue weighted by molar-refractivity contribution is -0.131. The van der Waals surface area contributed by atoms with Gasteiger partial charge < -0.3 is 25.2 Å². The van der Waals surface area contributed by atoms with Crippen molar-refractivity contribution in [2.24, 2.45) is 5.41 Å². The molecule has 1 spiro atoms. The molecule has 40 heavy (non-hydrogen) atoms. The first-order chi connectivity index (χ1) is 19.1. The lowest BCUT2D eigenvalue weighted by atomic mass is 9.73. The number of carbonyl (C=O) groups is 1. The van der Waals surface area contributed by atoms with E-state index in [1.54, 1.807) is 0 Å². The minimum absolute atomic E-state index is 0.00500. The molecule has 1 saturated carbocycles. The van der Waals surface area contributed by atoms with Crippen molar-refractivity contribution in [1.29, 1.82) is 0 Å². The third-order valence-corrected chi connectivity index (χ3v) is 8.34. The van der Waals surface area contributed by atoms with Gasteiger partial charge in [0.15, 0.2) is 0 Å². The zero-order valence-electron chi connectivity index (χ0n) is 24.0. The van der Waals surface area contributed by atoms with Crippen LogP contribution >= 0.6 is 0 Å². The van der Waals surface area contributed by atoms with E-state index in [4.69, 9.17) is 20.9 Å². The van der Waals surface area contributed by atoms with Crippen LogP contribution in [-0.4, -0.2) is 53.0 Å². The second-order valence-corrected chi connectivity index (χ2v) is 13.0. The van der Waals surface area contributed by atoms with Crippen molar-refractivity contribution < 1.29 is 19.4 Å². The number of nitrogens with one attached hydrogen (secondary N) is 2. The van der Waals surface area contributed by atoms with E-state index in [0.29, 0.717) is 31.9 Å². The summed E-state index contributed by atoms with van der Waals surface area (Å²) in [4.78, 5) is 17.7. The molecule has 0 bridgehead atoms. The lowest BCUT2D eigenvalue weighted by Gasteiger charge is -2.47. The summed E-state index contributed by atoms with van der Waals surface area (Å²) in [6, 6.07) is 9.41. The molecule has 4 atom stereocenters. The molecular weight excluding hydrogens is 502 g/mol. The number of nitrogens with zero attached hydrogens (tertiary/aromatic N) is 1. The molecule has 2 aliphatic heterocycles. The number of pyridine rings is 1. The number of aliphatic hydroxyl groups excluding tert-OH is 1. The van der Waals surface area contributed by atoms with Crippen LogP contribution in [0.1, 0.15) is 87.6 Å². The fraction of sp³-hybridized carbons (Fsp3) is 0.576. The Labute approximate surface area is 238 Å². The molecule has 1 aromatic heterocycles. The van der Waals surface area contributed by atoms with Crippen LogP contribution in [0.5, 0.6) is 5.88 Å². The van der Waals surface area contributed by atoms with Crippen LogP contribution in [0.2, 0.25) is 0 Å². The van der Waals surface area contributed by atoms with Crippen LogP contribution in [0.3, 0.4) is 0 Å². The summed E-state index contributed by atoms with van der Waals surface area (Å²) in [6.07, 6.45) is 13.2. The number of ether oxygens (including phenoxy) is 2. The van der Waals surface area contributed by atoms with Crippen molar-refractivity contribution >= 4 is 5.91 Å². The van der Waals surface area contributed by atoms with Crippen molar-refractivity contribution in [3.05, 3.63) is 58.8 Å². The molecule has 3 N–H and O–H groups in total. The van der Waals surface area contributed by atoms with Gasteiger partial charge in [-0.25, -0.2) is 4.98 Å². The Morgan fingerprint density at radius 3 is 2.75 bits per heavy atom. The summed E-state index contributed by atoms with van der Waals surface area (Å²) >= 11 is 0. The van der Waals surface area contributed by atoms with Gasteiger partial charge in [-0.3, -0.25) is 4.79 Å². The second kappa shape index (κ2) is 11.9. The largest absolute Gasteiger partial charge is 0.471 e. The van der Waals surface area contributed by atoms with Gasteiger partial charge in [-0.15, -0.1) is 6.42 Å². The third-order valence-electron chi connectivity index (χ3n) is 8.34. The van der Waals surface area contributed by atoms with Crippen LogP contribution in [-0.2, 0) is 22.4 Å². The summed E-state index contributed by atoms with van der Waals surface area (Å²) < 4.78 is 12.0. The predicted molar refractivity (Wildman–Crippen MR) is 155 cm³/mol. The Hall–Kier alpha value is -2.92. The van der Waals surface area contributed by atoms with Gasteiger partial charge >= 0.3 is 0 Å². The molecule has 1 saturated heterocycles. The van der Waals surface area contributed by atoms with Gasteiger partial charge in [0.1, 0.15) is 11.7 Å². The lowest BCUT2D eigenvalue weighted by Crippen LogP contribution is -2.53. The first kappa shape index (κ1) is 28.6. The molecule has 3 heterocycles. The van der Waals surface area contributed by atoms with Gasteiger partial charge in [-0.2, -0.15) is 0 Å². The average molecular weight is 546 g/mol. The highest BCUT2D eigenvalue weighted by Crippen LogP contribution is 2.48. The van der Waals surface area contributed by atoms with Gasteiger partial charge in [0.2, 0.25) is 11.8 Å². The maximum absolute atomic E-state index is 13.0. The van der Waals surface area contributed by atoms with Crippen LogP contribution in [0, 0.1) is 17.8 Å². The van der Waals surface area contributed by atoms with Crippen LogP contribution in [0.4, 0.5) is 0 Å². The molecule has 0 radical (unpaired) electrons. The number of terminal acetylenes is 1. The van der Waals surface area contributed by atoms with Crippen molar-refractivity contribution in [2.45, 2.75) is 102 Å². The number of hydrogen-bond acceptors (Lipinski definition) is 6. The number of carbonyl (C=O) groups excluding carboxylic acids is 1. The topological polar surface area (TPSA) is 92.7 Å². The average Bonchev–Trinajstić information content (AvgIpc) is 3.45. The standard InChI is InChI=1S/C33H43N3O4/c1-5-22-9-6-10-23(15-22)17-26(36-30(38)29-11-7-14-39-29)28(37)21-34-27-19-33(12-8-13-33)40-31-25(27)16-24(20-35-31)18-32(2,3)4/h1,6,9-10,15-16,20,26-29,34,37H,7-8,11-14,17-19,21H2,2-4H3,(H,36,38)/t26-,27-,28+,29+/m0/s1. The molecule has 7 heteroatoms.